The van der Waals surface area contributed by atoms with Crippen molar-refractivity contribution >= 4 is 12.0 Å². The number of piperazine rings is 1. The standard InChI is InChI=1S/C28H28N2O/c31-27(19-11-10-14-24-12-4-1-5-13-24)29-20-22-30(23-21-29)28(25-15-6-2-7-16-25)26-17-8-3-9-18-26/h1-19,28H,20-23H2. The number of rotatable bonds is 6. The lowest BCUT2D eigenvalue weighted by Crippen LogP contribution is -2.49. The summed E-state index contributed by atoms with van der Waals surface area (Å²) >= 11 is 0. The van der Waals surface area contributed by atoms with Crippen LogP contribution in [0, 0.1) is 0 Å². The highest BCUT2D eigenvalue weighted by atomic mass is 16.2. The van der Waals surface area contributed by atoms with Gasteiger partial charge >= 0.3 is 0 Å². The maximum absolute atomic E-state index is 12.6. The van der Waals surface area contributed by atoms with Crippen molar-refractivity contribution in [3.63, 3.8) is 0 Å². The van der Waals surface area contributed by atoms with E-state index in [0.29, 0.717) is 0 Å². The molecule has 1 heterocycles. The molecule has 1 aliphatic rings. The summed E-state index contributed by atoms with van der Waals surface area (Å²) in [5.74, 6) is 0.0772. The highest BCUT2D eigenvalue weighted by molar-refractivity contribution is 5.88. The third-order valence-electron chi connectivity index (χ3n) is 5.66. The second-order valence-electron chi connectivity index (χ2n) is 7.71. The molecule has 3 aromatic carbocycles. The Morgan fingerprint density at radius 3 is 1.74 bits per heavy atom. The lowest BCUT2D eigenvalue weighted by atomic mass is 9.96. The summed E-state index contributed by atoms with van der Waals surface area (Å²) in [4.78, 5) is 17.0. The predicted octanol–water partition coefficient (Wildman–Crippen LogP) is 5.19. The fourth-order valence-corrected chi connectivity index (χ4v) is 4.06. The average molecular weight is 409 g/mol. The number of allylic oxidation sites excluding steroid dienone is 2. The number of carbonyl (C=O) groups is 1. The van der Waals surface area contributed by atoms with Gasteiger partial charge in [-0.25, -0.2) is 0 Å². The molecule has 1 saturated heterocycles. The quantitative estimate of drug-likeness (QED) is 0.414. The SMILES string of the molecule is O=C(C=CC=Cc1ccccc1)N1CCN(C(c2ccccc2)c2ccccc2)CC1. The lowest BCUT2D eigenvalue weighted by Gasteiger charge is -2.39. The molecule has 0 spiro atoms. The smallest absolute Gasteiger partial charge is 0.246 e. The highest BCUT2D eigenvalue weighted by Crippen LogP contribution is 2.29. The minimum absolute atomic E-state index is 0.0772. The van der Waals surface area contributed by atoms with E-state index in [0.717, 1.165) is 31.7 Å². The van der Waals surface area contributed by atoms with Gasteiger partial charge in [-0.05, 0) is 16.7 Å². The Balaban J connectivity index is 1.38. The monoisotopic (exact) mass is 408 g/mol. The molecule has 0 atom stereocenters. The molecule has 1 amide bonds. The summed E-state index contributed by atoms with van der Waals surface area (Å²) < 4.78 is 0. The van der Waals surface area contributed by atoms with Crippen molar-refractivity contribution in [3.05, 3.63) is 126 Å². The molecule has 0 N–H and O–H groups in total. The first-order valence-corrected chi connectivity index (χ1v) is 10.8. The van der Waals surface area contributed by atoms with Gasteiger partial charge in [0.1, 0.15) is 0 Å². The number of benzene rings is 3. The van der Waals surface area contributed by atoms with Gasteiger partial charge in [-0.15, -0.1) is 0 Å². The molecular formula is C28H28N2O. The first kappa shape index (κ1) is 20.8. The van der Waals surface area contributed by atoms with Crippen molar-refractivity contribution in [1.82, 2.24) is 9.80 Å². The summed E-state index contributed by atoms with van der Waals surface area (Å²) in [5, 5.41) is 0. The van der Waals surface area contributed by atoms with E-state index in [4.69, 9.17) is 0 Å². The molecule has 0 aliphatic carbocycles. The van der Waals surface area contributed by atoms with Crippen molar-refractivity contribution in [2.75, 3.05) is 26.2 Å². The zero-order valence-corrected chi connectivity index (χ0v) is 17.7. The molecule has 1 aliphatic heterocycles. The Bertz CT molecular complexity index is 965. The first-order valence-electron chi connectivity index (χ1n) is 10.8. The van der Waals surface area contributed by atoms with Crippen LogP contribution in [0.3, 0.4) is 0 Å². The van der Waals surface area contributed by atoms with Gasteiger partial charge in [0.2, 0.25) is 5.91 Å². The number of amides is 1. The lowest BCUT2D eigenvalue weighted by molar-refractivity contribution is -0.127. The van der Waals surface area contributed by atoms with Gasteiger partial charge in [0.05, 0.1) is 6.04 Å². The molecule has 0 saturated carbocycles. The Labute approximate surface area is 184 Å². The van der Waals surface area contributed by atoms with Crippen molar-refractivity contribution in [2.45, 2.75) is 6.04 Å². The molecule has 31 heavy (non-hydrogen) atoms. The number of nitrogens with zero attached hydrogens (tertiary/aromatic N) is 2. The van der Waals surface area contributed by atoms with Crippen LogP contribution in [0.1, 0.15) is 22.7 Å². The molecule has 0 bridgehead atoms. The molecule has 0 unspecified atom stereocenters. The maximum Gasteiger partial charge on any atom is 0.246 e. The largest absolute Gasteiger partial charge is 0.337 e. The van der Waals surface area contributed by atoms with E-state index in [1.54, 1.807) is 6.08 Å². The summed E-state index contributed by atoms with van der Waals surface area (Å²) in [6.45, 7) is 3.19. The van der Waals surface area contributed by atoms with E-state index in [2.05, 4.69) is 65.6 Å². The van der Waals surface area contributed by atoms with E-state index >= 15 is 0 Å². The predicted molar refractivity (Wildman–Crippen MR) is 127 cm³/mol. The fourth-order valence-electron chi connectivity index (χ4n) is 4.06. The van der Waals surface area contributed by atoms with E-state index in [1.807, 2.05) is 53.5 Å². The average Bonchev–Trinajstić information content (AvgIpc) is 2.84. The summed E-state index contributed by atoms with van der Waals surface area (Å²) in [5.41, 5.74) is 3.71. The van der Waals surface area contributed by atoms with Crippen molar-refractivity contribution in [1.29, 1.82) is 0 Å². The molecule has 3 aromatic rings. The number of hydrogen-bond acceptors (Lipinski definition) is 2. The van der Waals surface area contributed by atoms with Crippen LogP contribution < -0.4 is 0 Å². The Kier molecular flexibility index (Phi) is 7.09. The second kappa shape index (κ2) is 10.6. The normalized spacial score (nSPS) is 15.2. The van der Waals surface area contributed by atoms with Gasteiger partial charge in [-0.2, -0.15) is 0 Å². The van der Waals surface area contributed by atoms with Gasteiger partial charge in [0.25, 0.3) is 0 Å². The molecule has 3 heteroatoms. The number of hydrogen-bond donors (Lipinski definition) is 0. The first-order chi connectivity index (χ1) is 15.3. The molecular weight excluding hydrogens is 380 g/mol. The molecule has 1 fully saturated rings. The molecule has 156 valence electrons. The minimum atomic E-state index is 0.0772. The van der Waals surface area contributed by atoms with E-state index in [1.165, 1.54) is 11.1 Å². The van der Waals surface area contributed by atoms with Crippen molar-refractivity contribution in [3.8, 4) is 0 Å². The second-order valence-corrected chi connectivity index (χ2v) is 7.71. The van der Waals surface area contributed by atoms with Crippen LogP contribution in [0.5, 0.6) is 0 Å². The van der Waals surface area contributed by atoms with Crippen LogP contribution in [0.15, 0.2) is 109 Å². The zero-order valence-electron chi connectivity index (χ0n) is 17.7. The van der Waals surface area contributed by atoms with Crippen LogP contribution in [0.25, 0.3) is 6.08 Å². The summed E-state index contributed by atoms with van der Waals surface area (Å²) in [6, 6.07) is 31.6. The van der Waals surface area contributed by atoms with Crippen LogP contribution in [0.4, 0.5) is 0 Å². The van der Waals surface area contributed by atoms with Gasteiger partial charge in [0, 0.05) is 32.3 Å². The van der Waals surface area contributed by atoms with Crippen LogP contribution in [0.2, 0.25) is 0 Å². The van der Waals surface area contributed by atoms with Crippen LogP contribution in [-0.2, 0) is 4.79 Å². The zero-order chi connectivity index (χ0) is 21.3. The summed E-state index contributed by atoms with van der Waals surface area (Å²) in [7, 11) is 0. The number of carbonyl (C=O) groups excluding carboxylic acids is 1. The van der Waals surface area contributed by atoms with Gasteiger partial charge in [0.15, 0.2) is 0 Å². The molecule has 3 nitrogen and oxygen atoms in total. The van der Waals surface area contributed by atoms with E-state index in [-0.39, 0.29) is 11.9 Å². The Morgan fingerprint density at radius 2 is 1.19 bits per heavy atom. The molecule has 0 radical (unpaired) electrons. The van der Waals surface area contributed by atoms with Crippen molar-refractivity contribution < 1.29 is 4.79 Å². The summed E-state index contributed by atoms with van der Waals surface area (Å²) in [6.07, 6.45) is 7.43. The van der Waals surface area contributed by atoms with E-state index in [9.17, 15) is 4.79 Å². The topological polar surface area (TPSA) is 23.6 Å². The Hall–Kier alpha value is -3.43. The van der Waals surface area contributed by atoms with Gasteiger partial charge < -0.3 is 4.90 Å². The van der Waals surface area contributed by atoms with Crippen LogP contribution >= 0.6 is 0 Å². The Morgan fingerprint density at radius 1 is 0.677 bits per heavy atom. The third-order valence-corrected chi connectivity index (χ3v) is 5.66. The van der Waals surface area contributed by atoms with Gasteiger partial charge in [-0.3, -0.25) is 9.69 Å². The highest BCUT2D eigenvalue weighted by Gasteiger charge is 2.27. The van der Waals surface area contributed by atoms with Crippen LogP contribution in [-0.4, -0.2) is 41.9 Å². The molecule has 4 rings (SSSR count). The van der Waals surface area contributed by atoms with Crippen molar-refractivity contribution in [2.24, 2.45) is 0 Å². The third kappa shape index (κ3) is 5.59. The van der Waals surface area contributed by atoms with Gasteiger partial charge in [-0.1, -0.05) is 109 Å². The fraction of sp³-hybridized carbons (Fsp3) is 0.179. The minimum Gasteiger partial charge on any atom is -0.337 e. The molecule has 0 aromatic heterocycles. The van der Waals surface area contributed by atoms with E-state index < -0.39 is 0 Å². The maximum atomic E-state index is 12.6.